The predicted molar refractivity (Wildman–Crippen MR) is 243 cm³/mol. The molecule has 61 heavy (non-hydrogen) atoms. The number of pyridine rings is 3. The Labute approximate surface area is 370 Å². The number of aliphatic imine (C=N–C) groups is 1. The number of nitrogens with zero attached hydrogens (tertiary/aromatic N) is 6. The van der Waals surface area contributed by atoms with E-state index in [1.54, 1.807) is 0 Å². The van der Waals surface area contributed by atoms with Crippen molar-refractivity contribution in [2.45, 2.75) is 84.3 Å². The van der Waals surface area contributed by atoms with Crippen molar-refractivity contribution in [2.75, 3.05) is 0 Å². The van der Waals surface area contributed by atoms with Crippen molar-refractivity contribution in [3.63, 3.8) is 0 Å². The fourth-order valence-electron chi connectivity index (χ4n) is 9.67. The molecule has 304 valence electrons. The van der Waals surface area contributed by atoms with Gasteiger partial charge >= 0.3 is 21.1 Å². The molecule has 0 unspecified atom stereocenters. The molecule has 0 radical (unpaired) electrons. The molecule has 8 heteroatoms. The first kappa shape index (κ1) is 39.2. The van der Waals surface area contributed by atoms with E-state index in [9.17, 15) is 0 Å². The number of rotatable bonds is 4. The van der Waals surface area contributed by atoms with E-state index in [1.165, 1.54) is 33.0 Å². The first-order valence-electron chi connectivity index (χ1n) is 20.9. The van der Waals surface area contributed by atoms with Gasteiger partial charge in [-0.15, -0.1) is 41.3 Å². The Morgan fingerprint density at radius 1 is 0.738 bits per heavy atom. The van der Waals surface area contributed by atoms with Gasteiger partial charge in [0.25, 0.3) is 0 Å². The van der Waals surface area contributed by atoms with Gasteiger partial charge in [0, 0.05) is 70.4 Å². The minimum absolute atomic E-state index is 0. The maximum Gasteiger partial charge on any atom is 2.00 e. The van der Waals surface area contributed by atoms with Crippen LogP contribution in [-0.4, -0.2) is 35.5 Å². The second kappa shape index (κ2) is 13.8. The fourth-order valence-corrected chi connectivity index (χ4v) is 9.67. The van der Waals surface area contributed by atoms with Crippen molar-refractivity contribution in [3.8, 4) is 22.5 Å². The second-order valence-corrected chi connectivity index (χ2v) is 18.5. The van der Waals surface area contributed by atoms with Crippen LogP contribution in [0.25, 0.3) is 66.2 Å². The number of aromatic nitrogens is 5. The molecule has 0 spiro atoms. The van der Waals surface area contributed by atoms with Crippen LogP contribution in [0.4, 0.5) is 0 Å². The number of hydrogen-bond donors (Lipinski definition) is 0. The molecule has 7 nitrogen and oxygen atoms in total. The molecular formula is C53H46N6OPt. The summed E-state index contributed by atoms with van der Waals surface area (Å²) in [5.74, 6) is 0.828. The summed E-state index contributed by atoms with van der Waals surface area (Å²) in [5, 5.41) is 4.61. The van der Waals surface area contributed by atoms with Gasteiger partial charge in [0.05, 0.1) is 11.1 Å². The second-order valence-electron chi connectivity index (χ2n) is 18.5. The third-order valence-electron chi connectivity index (χ3n) is 13.2. The average Bonchev–Trinajstić information content (AvgIpc) is 3.82. The molecular weight excluding hydrogens is 932 g/mol. The molecule has 5 aromatic heterocycles. The first-order chi connectivity index (χ1) is 28.8. The zero-order valence-electron chi connectivity index (χ0n) is 35.7. The van der Waals surface area contributed by atoms with Gasteiger partial charge in [-0.3, -0.25) is 15.0 Å². The third-order valence-corrected chi connectivity index (χ3v) is 13.2. The molecule has 0 amide bonds. The van der Waals surface area contributed by atoms with Crippen molar-refractivity contribution in [1.29, 1.82) is 0 Å². The van der Waals surface area contributed by atoms with Crippen molar-refractivity contribution in [2.24, 2.45) is 4.99 Å². The molecule has 2 atom stereocenters. The van der Waals surface area contributed by atoms with Gasteiger partial charge in [-0.1, -0.05) is 75.1 Å². The SMILES string of the molecule is Cc1ccc2c(c1)c1ccc(-n3c4ccc(C(C)(C)C)cc4c4cccnc43)[c-]c1n2-c1[c-]c(C2=N[C@]3(C)Cc4ccncc4-c4cnccc4[C@]3(C)O2)cc(C(C)C)c1.[Pt+2]. The minimum atomic E-state index is -0.765. The van der Waals surface area contributed by atoms with Crippen LogP contribution in [0.1, 0.15) is 87.8 Å². The Bertz CT molecular complexity index is 3300. The molecule has 0 saturated carbocycles. The maximum atomic E-state index is 7.20. The third kappa shape index (κ3) is 5.87. The van der Waals surface area contributed by atoms with E-state index in [0.29, 0.717) is 12.3 Å². The van der Waals surface area contributed by atoms with Gasteiger partial charge in [0.2, 0.25) is 0 Å². The number of ether oxygens (including phenoxy) is 1. The topological polar surface area (TPSA) is 70.1 Å². The van der Waals surface area contributed by atoms with Crippen molar-refractivity contribution in [1.82, 2.24) is 24.1 Å². The van der Waals surface area contributed by atoms with Crippen LogP contribution in [0.2, 0.25) is 0 Å². The standard InChI is InChI=1S/C53H46N6O.Pt/c1-31(2)34-23-35(50-57-52(7)28-33-17-20-54-29-43(33)44-30-55-21-18-45(44)53(52,8)60-50)25-38(24-34)58-46-15-11-32(3)22-41(46)39-14-13-37(27-48(39)58)59-47-16-12-36(51(4,5)6)26-42(47)40-10-9-19-56-49(40)59;/h9-24,26,29-31H,28H2,1-8H3;/q-2;+2/t52-,53+;/m1./s1. The Hall–Kier alpha value is -5.91. The summed E-state index contributed by atoms with van der Waals surface area (Å²) in [7, 11) is 0. The van der Waals surface area contributed by atoms with Crippen LogP contribution in [-0.2, 0) is 43.2 Å². The Balaban J connectivity index is 0.00000445. The summed E-state index contributed by atoms with van der Waals surface area (Å²) in [6.45, 7) is 17.8. The van der Waals surface area contributed by atoms with E-state index in [4.69, 9.17) is 14.7 Å². The van der Waals surface area contributed by atoms with Crippen molar-refractivity contribution >= 4 is 49.6 Å². The quantitative estimate of drug-likeness (QED) is 0.165. The van der Waals surface area contributed by atoms with Crippen LogP contribution in [0.15, 0.2) is 121 Å². The summed E-state index contributed by atoms with van der Waals surface area (Å²) in [4.78, 5) is 19.5. The van der Waals surface area contributed by atoms with Crippen LogP contribution >= 0.6 is 0 Å². The molecule has 1 aliphatic carbocycles. The van der Waals surface area contributed by atoms with E-state index in [0.717, 1.165) is 66.6 Å². The van der Waals surface area contributed by atoms with Gasteiger partial charge < -0.3 is 13.9 Å². The van der Waals surface area contributed by atoms with Crippen LogP contribution in [0.3, 0.4) is 0 Å². The normalized spacial score (nSPS) is 18.5. The molecule has 2 aliphatic rings. The van der Waals surface area contributed by atoms with Gasteiger partial charge in [0.15, 0.2) is 0 Å². The number of fused-ring (bicyclic) bond motifs is 11. The summed E-state index contributed by atoms with van der Waals surface area (Å²) < 4.78 is 11.8. The minimum Gasteiger partial charge on any atom is -0.508 e. The van der Waals surface area contributed by atoms with Crippen LogP contribution in [0, 0.1) is 19.1 Å². The monoisotopic (exact) mass is 977 g/mol. The largest absolute Gasteiger partial charge is 2.00 e. The van der Waals surface area contributed by atoms with Gasteiger partial charge in [-0.2, -0.15) is 6.07 Å². The summed E-state index contributed by atoms with van der Waals surface area (Å²) in [6, 6.07) is 38.6. The Morgan fingerprint density at radius 3 is 2.30 bits per heavy atom. The zero-order valence-corrected chi connectivity index (χ0v) is 37.9. The van der Waals surface area contributed by atoms with E-state index < -0.39 is 11.1 Å². The van der Waals surface area contributed by atoms with Crippen LogP contribution < -0.4 is 0 Å². The average molecular weight is 978 g/mol. The molecule has 0 saturated heterocycles. The molecule has 11 rings (SSSR count). The molecule has 1 aliphatic heterocycles. The number of hydrogen-bond acceptors (Lipinski definition) is 5. The Kier molecular flexibility index (Phi) is 8.88. The number of benzene rings is 4. The van der Waals surface area contributed by atoms with E-state index in [1.807, 2.05) is 37.1 Å². The van der Waals surface area contributed by atoms with Crippen molar-refractivity contribution in [3.05, 3.63) is 161 Å². The first-order valence-corrected chi connectivity index (χ1v) is 20.9. The number of aryl methyl sites for hydroxylation is 1. The van der Waals surface area contributed by atoms with Gasteiger partial charge in [0.1, 0.15) is 17.1 Å². The van der Waals surface area contributed by atoms with E-state index in [-0.39, 0.29) is 32.4 Å². The fraction of sp³-hybridized carbons (Fsp3) is 0.245. The molecule has 9 aromatic rings. The summed E-state index contributed by atoms with van der Waals surface area (Å²) in [5.41, 5.74) is 13.4. The molecule has 4 aromatic carbocycles. The molecule has 6 heterocycles. The molecule has 0 bridgehead atoms. The summed E-state index contributed by atoms with van der Waals surface area (Å²) >= 11 is 0. The van der Waals surface area contributed by atoms with Gasteiger partial charge in [-0.05, 0) is 96.8 Å². The van der Waals surface area contributed by atoms with Crippen molar-refractivity contribution < 1.29 is 25.8 Å². The van der Waals surface area contributed by atoms with Crippen LogP contribution in [0.5, 0.6) is 0 Å². The van der Waals surface area contributed by atoms with E-state index in [2.05, 4.69) is 165 Å². The van der Waals surface area contributed by atoms with Gasteiger partial charge in [-0.25, -0.2) is 4.98 Å². The summed E-state index contributed by atoms with van der Waals surface area (Å²) in [6.07, 6.45) is 10.2. The van der Waals surface area contributed by atoms with E-state index >= 15 is 0 Å². The smallest absolute Gasteiger partial charge is 0.508 e. The Morgan fingerprint density at radius 2 is 1.49 bits per heavy atom. The predicted octanol–water partition coefficient (Wildman–Crippen LogP) is 12.1. The molecule has 0 fully saturated rings. The maximum absolute atomic E-state index is 7.20. The molecule has 0 N–H and O–H groups in total. The zero-order chi connectivity index (χ0) is 41.3.